The van der Waals surface area contributed by atoms with E-state index in [1.807, 2.05) is 24.8 Å². The van der Waals surface area contributed by atoms with Gasteiger partial charge in [0, 0.05) is 24.6 Å². The van der Waals surface area contributed by atoms with Crippen molar-refractivity contribution in [1.82, 2.24) is 10.1 Å². The van der Waals surface area contributed by atoms with E-state index < -0.39 is 5.41 Å². The Bertz CT molecular complexity index is 664. The summed E-state index contributed by atoms with van der Waals surface area (Å²) in [6.45, 7) is 7.62. The topological polar surface area (TPSA) is 46.3 Å². The molecule has 1 fully saturated rings. The fraction of sp³-hybridized carbons (Fsp3) is 0.474. The first-order valence-corrected chi connectivity index (χ1v) is 8.19. The van der Waals surface area contributed by atoms with Crippen molar-refractivity contribution in [3.8, 4) is 0 Å². The van der Waals surface area contributed by atoms with Crippen LogP contribution in [-0.2, 0) is 15.6 Å². The van der Waals surface area contributed by atoms with Gasteiger partial charge in [0.15, 0.2) is 5.76 Å². The Morgan fingerprint density at radius 2 is 2.00 bits per heavy atom. The number of hydrogen-bond donors (Lipinski definition) is 0. The quantitative estimate of drug-likeness (QED) is 0.871. The lowest BCUT2D eigenvalue weighted by atomic mass is 9.75. The van der Waals surface area contributed by atoms with Gasteiger partial charge in [-0.3, -0.25) is 4.79 Å². The maximum Gasteiger partial charge on any atom is 0.236 e. The van der Waals surface area contributed by atoms with E-state index in [0.29, 0.717) is 5.76 Å². The van der Waals surface area contributed by atoms with Crippen molar-refractivity contribution in [2.45, 2.75) is 44.4 Å². The molecular formula is C19H24N2O2. The molecule has 122 valence electrons. The smallest absolute Gasteiger partial charge is 0.236 e. The largest absolute Gasteiger partial charge is 0.360 e. The van der Waals surface area contributed by atoms with E-state index in [9.17, 15) is 4.79 Å². The van der Waals surface area contributed by atoms with E-state index in [2.05, 4.69) is 36.3 Å². The predicted octanol–water partition coefficient (Wildman–Crippen LogP) is 3.53. The van der Waals surface area contributed by atoms with Gasteiger partial charge in [-0.1, -0.05) is 42.4 Å². The Morgan fingerprint density at radius 1 is 1.26 bits per heavy atom. The van der Waals surface area contributed by atoms with Gasteiger partial charge in [0.1, 0.15) is 5.41 Å². The van der Waals surface area contributed by atoms with Crippen LogP contribution in [0.5, 0.6) is 0 Å². The van der Waals surface area contributed by atoms with Crippen LogP contribution >= 0.6 is 0 Å². The van der Waals surface area contributed by atoms with Crippen LogP contribution < -0.4 is 0 Å². The Morgan fingerprint density at radius 3 is 2.65 bits per heavy atom. The van der Waals surface area contributed by atoms with Crippen LogP contribution in [0.2, 0.25) is 0 Å². The maximum absolute atomic E-state index is 13.1. The van der Waals surface area contributed by atoms with Gasteiger partial charge in [-0.25, -0.2) is 0 Å². The van der Waals surface area contributed by atoms with Gasteiger partial charge >= 0.3 is 0 Å². The number of nitrogens with zero attached hydrogens (tertiary/aromatic N) is 2. The summed E-state index contributed by atoms with van der Waals surface area (Å²) in [6.07, 6.45) is 3.71. The fourth-order valence-electron chi connectivity index (χ4n) is 3.53. The molecule has 1 aromatic carbocycles. The number of rotatable bonds is 3. The molecule has 1 atom stereocenters. The maximum atomic E-state index is 13.1. The van der Waals surface area contributed by atoms with E-state index in [4.69, 9.17) is 4.52 Å². The van der Waals surface area contributed by atoms with Crippen molar-refractivity contribution in [2.75, 3.05) is 13.1 Å². The summed E-state index contributed by atoms with van der Waals surface area (Å²) in [4.78, 5) is 15.1. The lowest BCUT2D eigenvalue weighted by Gasteiger charge is -2.43. The van der Waals surface area contributed by atoms with Crippen molar-refractivity contribution in [1.29, 1.82) is 0 Å². The summed E-state index contributed by atoms with van der Waals surface area (Å²) in [6, 6.07) is 12.3. The molecule has 4 nitrogen and oxygen atoms in total. The highest BCUT2D eigenvalue weighted by atomic mass is 16.5. The van der Waals surface area contributed by atoms with Crippen LogP contribution in [0.1, 0.15) is 44.9 Å². The van der Waals surface area contributed by atoms with Crippen molar-refractivity contribution in [3.05, 3.63) is 53.9 Å². The van der Waals surface area contributed by atoms with Gasteiger partial charge < -0.3 is 9.42 Å². The molecule has 1 saturated heterocycles. The molecule has 0 saturated carbocycles. The number of amides is 1. The third-order valence-electron chi connectivity index (χ3n) is 5.04. The average Bonchev–Trinajstić information content (AvgIpc) is 3.10. The first-order valence-electron chi connectivity index (χ1n) is 8.19. The first kappa shape index (κ1) is 15.8. The first-order chi connectivity index (χ1) is 10.9. The summed E-state index contributed by atoms with van der Waals surface area (Å²) in [5.41, 5.74) is 0.618. The summed E-state index contributed by atoms with van der Waals surface area (Å²) in [7, 11) is 0. The molecule has 1 aliphatic rings. The lowest BCUT2D eigenvalue weighted by Crippen LogP contribution is -2.52. The van der Waals surface area contributed by atoms with Crippen LogP contribution in [-0.4, -0.2) is 29.1 Å². The Kier molecular flexibility index (Phi) is 4.00. The molecule has 2 aromatic rings. The minimum absolute atomic E-state index is 0.00661. The highest BCUT2D eigenvalue weighted by Gasteiger charge is 2.41. The SMILES string of the molecule is CC1(c2ccccc2)CCCN(C(=O)C(C)(C)c2ccno2)C1. The molecule has 0 spiro atoms. The Balaban J connectivity index is 1.83. The molecule has 0 aliphatic carbocycles. The third-order valence-corrected chi connectivity index (χ3v) is 5.04. The number of benzene rings is 1. The molecule has 0 bridgehead atoms. The molecule has 0 N–H and O–H groups in total. The summed E-state index contributed by atoms with van der Waals surface area (Å²) in [5.74, 6) is 0.727. The third kappa shape index (κ3) is 2.90. The van der Waals surface area contributed by atoms with E-state index in [-0.39, 0.29) is 11.3 Å². The van der Waals surface area contributed by atoms with E-state index >= 15 is 0 Å². The molecule has 4 heteroatoms. The molecule has 1 unspecified atom stereocenters. The van der Waals surface area contributed by atoms with Gasteiger partial charge in [-0.2, -0.15) is 0 Å². The van der Waals surface area contributed by atoms with Crippen molar-refractivity contribution < 1.29 is 9.32 Å². The second kappa shape index (κ2) is 5.84. The minimum Gasteiger partial charge on any atom is -0.360 e. The van der Waals surface area contributed by atoms with Crippen LogP contribution in [0.25, 0.3) is 0 Å². The molecule has 1 aromatic heterocycles. The summed E-state index contributed by atoms with van der Waals surface area (Å²) >= 11 is 0. The standard InChI is InChI=1S/C19H24N2O2/c1-18(2,16-10-12-20-23-16)17(22)21-13-7-11-19(3,14-21)15-8-5-4-6-9-15/h4-6,8-10,12H,7,11,13-14H2,1-3H3. The number of aromatic nitrogens is 1. The normalized spacial score (nSPS) is 22.1. The summed E-state index contributed by atoms with van der Waals surface area (Å²) in [5, 5.41) is 3.75. The monoisotopic (exact) mass is 312 g/mol. The van der Waals surface area contributed by atoms with Gasteiger partial charge in [-0.05, 0) is 32.3 Å². The zero-order valence-corrected chi connectivity index (χ0v) is 14.1. The Labute approximate surface area is 137 Å². The minimum atomic E-state index is -0.689. The van der Waals surface area contributed by atoms with Gasteiger partial charge in [0.05, 0.1) is 6.20 Å². The van der Waals surface area contributed by atoms with Gasteiger partial charge in [0.25, 0.3) is 0 Å². The second-order valence-electron chi connectivity index (χ2n) is 7.26. The molecule has 2 heterocycles. The fourth-order valence-corrected chi connectivity index (χ4v) is 3.53. The number of piperidine rings is 1. The zero-order valence-electron chi connectivity index (χ0n) is 14.1. The lowest BCUT2D eigenvalue weighted by molar-refractivity contribution is -0.139. The van der Waals surface area contributed by atoms with Crippen molar-refractivity contribution >= 4 is 5.91 Å². The van der Waals surface area contributed by atoms with Crippen molar-refractivity contribution in [2.24, 2.45) is 0 Å². The molecule has 23 heavy (non-hydrogen) atoms. The van der Waals surface area contributed by atoms with Crippen LogP contribution in [0.3, 0.4) is 0 Å². The molecule has 0 radical (unpaired) electrons. The van der Waals surface area contributed by atoms with Crippen LogP contribution in [0.15, 0.2) is 47.1 Å². The van der Waals surface area contributed by atoms with Crippen LogP contribution in [0.4, 0.5) is 0 Å². The average molecular weight is 312 g/mol. The molecule has 1 amide bonds. The van der Waals surface area contributed by atoms with E-state index in [1.54, 1.807) is 12.3 Å². The highest BCUT2D eigenvalue weighted by molar-refractivity contribution is 5.86. The van der Waals surface area contributed by atoms with Gasteiger partial charge in [-0.15, -0.1) is 0 Å². The number of carbonyl (C=O) groups is 1. The molecular weight excluding hydrogens is 288 g/mol. The number of carbonyl (C=O) groups excluding carboxylic acids is 1. The number of hydrogen-bond acceptors (Lipinski definition) is 3. The van der Waals surface area contributed by atoms with E-state index in [1.165, 1.54) is 5.56 Å². The molecule has 3 rings (SSSR count). The highest BCUT2D eigenvalue weighted by Crippen LogP contribution is 2.36. The number of likely N-dealkylation sites (tertiary alicyclic amines) is 1. The van der Waals surface area contributed by atoms with E-state index in [0.717, 1.165) is 25.9 Å². The van der Waals surface area contributed by atoms with Gasteiger partial charge in [0.2, 0.25) is 5.91 Å². The molecule has 1 aliphatic heterocycles. The zero-order chi connectivity index (χ0) is 16.5. The Hall–Kier alpha value is -2.10. The second-order valence-corrected chi connectivity index (χ2v) is 7.26. The van der Waals surface area contributed by atoms with Crippen LogP contribution in [0, 0.1) is 0 Å². The predicted molar refractivity (Wildman–Crippen MR) is 89.1 cm³/mol. The summed E-state index contributed by atoms with van der Waals surface area (Å²) < 4.78 is 5.25. The van der Waals surface area contributed by atoms with Crippen molar-refractivity contribution in [3.63, 3.8) is 0 Å².